The van der Waals surface area contributed by atoms with E-state index >= 15 is 0 Å². The Morgan fingerprint density at radius 3 is 2.00 bits per heavy atom. The minimum absolute atomic E-state index is 0.0263. The average molecular weight is 618 g/mol. The standard InChI is InChI=1S/C19H18N2O4.C14H17NO5/c22-17(23)11-12-20-19(25)16(13-14-7-3-1-4-8-14)21-18(24)15-9-5-2-6-10-15;1-19-11-4-3-10(9-12(11)20-2)7-8-15-13(16)5-6-14(17)18/h1-10,13H,11-12H2,(H,20,25)(H,21,24)(H,22,23);3-6,9H,7-8H2,1-2H3,(H,15,16)(H,17,18)/b16-13-;6-5-. The molecule has 0 heterocycles. The van der Waals surface area contributed by atoms with E-state index in [1.807, 2.05) is 30.3 Å². The van der Waals surface area contributed by atoms with Crippen molar-refractivity contribution >= 4 is 35.7 Å². The number of rotatable bonds is 14. The van der Waals surface area contributed by atoms with E-state index in [0.29, 0.717) is 30.0 Å². The molecule has 5 N–H and O–H groups in total. The Hall–Kier alpha value is -5.91. The zero-order chi connectivity index (χ0) is 33.0. The van der Waals surface area contributed by atoms with Crippen molar-refractivity contribution in [3.05, 3.63) is 113 Å². The van der Waals surface area contributed by atoms with Gasteiger partial charge in [0.1, 0.15) is 5.70 Å². The molecule has 3 amide bonds. The molecule has 0 saturated heterocycles. The Labute approximate surface area is 260 Å². The molecule has 0 radical (unpaired) electrons. The number of carboxylic acids is 2. The van der Waals surface area contributed by atoms with Crippen molar-refractivity contribution < 1.29 is 43.7 Å². The van der Waals surface area contributed by atoms with Crippen LogP contribution in [0.5, 0.6) is 11.5 Å². The topological polar surface area (TPSA) is 180 Å². The summed E-state index contributed by atoms with van der Waals surface area (Å²) in [7, 11) is 3.12. The monoisotopic (exact) mass is 617 g/mol. The second-order valence-corrected chi connectivity index (χ2v) is 9.09. The van der Waals surface area contributed by atoms with E-state index in [1.165, 1.54) is 6.08 Å². The number of carbonyl (C=O) groups is 5. The highest BCUT2D eigenvalue weighted by atomic mass is 16.5. The summed E-state index contributed by atoms with van der Waals surface area (Å²) in [5.74, 6) is -2.30. The van der Waals surface area contributed by atoms with Crippen LogP contribution in [0.1, 0.15) is 27.9 Å². The van der Waals surface area contributed by atoms with Crippen LogP contribution in [0.15, 0.2) is 96.7 Å². The Kier molecular flexibility index (Phi) is 15.1. The van der Waals surface area contributed by atoms with E-state index < -0.39 is 29.7 Å². The van der Waals surface area contributed by atoms with Crippen LogP contribution in [0, 0.1) is 0 Å². The van der Waals surface area contributed by atoms with Crippen LogP contribution >= 0.6 is 0 Å². The second-order valence-electron chi connectivity index (χ2n) is 9.09. The van der Waals surface area contributed by atoms with Crippen molar-refractivity contribution in [2.45, 2.75) is 12.8 Å². The van der Waals surface area contributed by atoms with E-state index in [4.69, 9.17) is 19.7 Å². The Morgan fingerprint density at radius 2 is 1.40 bits per heavy atom. The lowest BCUT2D eigenvalue weighted by Gasteiger charge is -2.11. The van der Waals surface area contributed by atoms with Crippen molar-refractivity contribution in [3.63, 3.8) is 0 Å². The molecule has 0 atom stereocenters. The fraction of sp³-hybridized carbons (Fsp3) is 0.182. The number of methoxy groups -OCH3 is 2. The third kappa shape index (κ3) is 13.7. The predicted octanol–water partition coefficient (Wildman–Crippen LogP) is 3.05. The highest BCUT2D eigenvalue weighted by molar-refractivity contribution is 6.05. The maximum atomic E-state index is 12.3. The first-order chi connectivity index (χ1) is 21.6. The van der Waals surface area contributed by atoms with Crippen molar-refractivity contribution in [1.82, 2.24) is 16.0 Å². The van der Waals surface area contributed by atoms with Gasteiger partial charge in [0.05, 0.1) is 20.6 Å². The number of carboxylic acid groups (broad SMARTS) is 2. The quantitative estimate of drug-likeness (QED) is 0.170. The van der Waals surface area contributed by atoms with Crippen LogP contribution in [0.2, 0.25) is 0 Å². The summed E-state index contributed by atoms with van der Waals surface area (Å²) in [5, 5.41) is 24.7. The van der Waals surface area contributed by atoms with Crippen molar-refractivity contribution in [2.75, 3.05) is 27.3 Å². The number of aliphatic carboxylic acids is 2. The molecular weight excluding hydrogens is 582 g/mol. The maximum absolute atomic E-state index is 12.3. The van der Waals surface area contributed by atoms with Crippen LogP contribution in [0.25, 0.3) is 6.08 Å². The highest BCUT2D eigenvalue weighted by Crippen LogP contribution is 2.27. The molecule has 0 aromatic heterocycles. The first kappa shape index (κ1) is 35.3. The third-order valence-corrected chi connectivity index (χ3v) is 5.80. The zero-order valence-electron chi connectivity index (χ0n) is 24.8. The van der Waals surface area contributed by atoms with E-state index in [2.05, 4.69) is 16.0 Å². The predicted molar refractivity (Wildman–Crippen MR) is 167 cm³/mol. The second kappa shape index (κ2) is 19.3. The van der Waals surface area contributed by atoms with Crippen LogP contribution in [0.3, 0.4) is 0 Å². The normalized spacial score (nSPS) is 10.6. The first-order valence-electron chi connectivity index (χ1n) is 13.7. The summed E-state index contributed by atoms with van der Waals surface area (Å²) in [6.45, 7) is 0.375. The van der Waals surface area contributed by atoms with Gasteiger partial charge in [0.15, 0.2) is 11.5 Å². The smallest absolute Gasteiger partial charge is 0.328 e. The lowest BCUT2D eigenvalue weighted by Crippen LogP contribution is -2.35. The molecule has 0 aliphatic carbocycles. The molecule has 12 nitrogen and oxygen atoms in total. The molecule has 3 rings (SSSR count). The van der Waals surface area contributed by atoms with Crippen LogP contribution in [-0.4, -0.2) is 67.2 Å². The Balaban J connectivity index is 0.000000322. The molecule has 0 aliphatic rings. The number of hydrogen-bond donors (Lipinski definition) is 5. The van der Waals surface area contributed by atoms with Crippen molar-refractivity contribution in [1.29, 1.82) is 0 Å². The van der Waals surface area contributed by atoms with Gasteiger partial charge >= 0.3 is 11.9 Å². The molecule has 12 heteroatoms. The fourth-order valence-electron chi connectivity index (χ4n) is 3.61. The molecule has 0 spiro atoms. The molecule has 0 aliphatic heterocycles. The largest absolute Gasteiger partial charge is 0.493 e. The molecule has 3 aromatic rings. The summed E-state index contributed by atoms with van der Waals surface area (Å²) >= 11 is 0. The van der Waals surface area contributed by atoms with Crippen LogP contribution in [0.4, 0.5) is 0 Å². The van der Waals surface area contributed by atoms with Gasteiger partial charge in [-0.25, -0.2) is 4.79 Å². The van der Waals surface area contributed by atoms with Gasteiger partial charge in [-0.1, -0.05) is 54.6 Å². The van der Waals surface area contributed by atoms with Gasteiger partial charge in [0.2, 0.25) is 5.91 Å². The van der Waals surface area contributed by atoms with E-state index in [-0.39, 0.29) is 18.7 Å². The van der Waals surface area contributed by atoms with Gasteiger partial charge in [0.25, 0.3) is 11.8 Å². The van der Waals surface area contributed by atoms with E-state index in [1.54, 1.807) is 62.8 Å². The summed E-state index contributed by atoms with van der Waals surface area (Å²) in [6, 6.07) is 23.1. The molecule has 45 heavy (non-hydrogen) atoms. The molecule has 0 bridgehead atoms. The summed E-state index contributed by atoms with van der Waals surface area (Å²) in [5.41, 5.74) is 2.18. The number of amides is 3. The zero-order valence-corrected chi connectivity index (χ0v) is 24.8. The Morgan fingerprint density at radius 1 is 0.756 bits per heavy atom. The SMILES string of the molecule is COc1ccc(CCNC(=O)/C=C\C(=O)O)cc1OC.O=C(O)CCNC(=O)/C(=C/c1ccccc1)NC(=O)c1ccccc1. The number of ether oxygens (including phenoxy) is 2. The number of carbonyl (C=O) groups excluding carboxylic acids is 3. The van der Waals surface area contributed by atoms with E-state index in [0.717, 1.165) is 23.3 Å². The lowest BCUT2D eigenvalue weighted by atomic mass is 10.1. The van der Waals surface area contributed by atoms with Crippen LogP contribution in [-0.2, 0) is 25.6 Å². The summed E-state index contributed by atoms with van der Waals surface area (Å²) in [6.07, 6.45) is 3.73. The van der Waals surface area contributed by atoms with Crippen LogP contribution < -0.4 is 25.4 Å². The maximum Gasteiger partial charge on any atom is 0.328 e. The number of benzene rings is 3. The molecule has 236 valence electrons. The molecular formula is C33H35N3O9. The minimum Gasteiger partial charge on any atom is -0.493 e. The highest BCUT2D eigenvalue weighted by Gasteiger charge is 2.14. The van der Waals surface area contributed by atoms with Gasteiger partial charge in [-0.05, 0) is 47.9 Å². The molecule has 0 unspecified atom stereocenters. The van der Waals surface area contributed by atoms with Gasteiger partial charge < -0.3 is 35.6 Å². The van der Waals surface area contributed by atoms with Gasteiger partial charge in [-0.2, -0.15) is 0 Å². The van der Waals surface area contributed by atoms with Crippen molar-refractivity contribution in [3.8, 4) is 11.5 Å². The molecule has 0 fully saturated rings. The minimum atomic E-state index is -1.15. The lowest BCUT2D eigenvalue weighted by molar-refractivity contribution is -0.137. The molecule has 0 saturated carbocycles. The van der Waals surface area contributed by atoms with Gasteiger partial charge in [-0.3, -0.25) is 19.2 Å². The number of nitrogens with one attached hydrogen (secondary N) is 3. The average Bonchev–Trinajstić information content (AvgIpc) is 3.04. The third-order valence-electron chi connectivity index (χ3n) is 5.80. The van der Waals surface area contributed by atoms with E-state index in [9.17, 15) is 24.0 Å². The molecule has 3 aromatic carbocycles. The first-order valence-corrected chi connectivity index (χ1v) is 13.7. The van der Waals surface area contributed by atoms with Gasteiger partial charge in [0, 0.05) is 30.8 Å². The summed E-state index contributed by atoms with van der Waals surface area (Å²) in [4.78, 5) is 56.7. The fourth-order valence-corrected chi connectivity index (χ4v) is 3.61. The number of hydrogen-bond acceptors (Lipinski definition) is 7. The van der Waals surface area contributed by atoms with Gasteiger partial charge in [-0.15, -0.1) is 0 Å². The van der Waals surface area contributed by atoms with Crippen molar-refractivity contribution in [2.24, 2.45) is 0 Å². The Bertz CT molecular complexity index is 1500. The summed E-state index contributed by atoms with van der Waals surface area (Å²) < 4.78 is 10.3.